The van der Waals surface area contributed by atoms with Crippen molar-refractivity contribution in [1.29, 1.82) is 0 Å². The van der Waals surface area contributed by atoms with Crippen molar-refractivity contribution in [3.05, 3.63) is 29.8 Å². The Labute approximate surface area is 193 Å². The summed E-state index contributed by atoms with van der Waals surface area (Å²) in [6, 6.07) is 6.93. The first-order chi connectivity index (χ1) is 15.0. The summed E-state index contributed by atoms with van der Waals surface area (Å²) in [6.45, 7) is 3.90. The molecule has 0 bridgehead atoms. The van der Waals surface area contributed by atoms with Gasteiger partial charge in [-0.2, -0.15) is 15.0 Å². The van der Waals surface area contributed by atoms with E-state index in [0.717, 1.165) is 23.7 Å². The zero-order valence-electron chi connectivity index (χ0n) is 18.9. The molecule has 32 heavy (non-hydrogen) atoms. The molecule has 0 aliphatic heterocycles. The van der Waals surface area contributed by atoms with Crippen LogP contribution in [0.3, 0.4) is 0 Å². The zero-order chi connectivity index (χ0) is 23.9. The number of rotatable bonds is 12. The lowest BCUT2D eigenvalue weighted by molar-refractivity contribution is 0.102. The molecule has 1 heterocycles. The second-order valence-electron chi connectivity index (χ2n) is 7.95. The topological polar surface area (TPSA) is 137 Å². The van der Waals surface area contributed by atoms with E-state index in [2.05, 4.69) is 25.0 Å². The number of aliphatic hydroxyl groups excluding tert-OH is 1. The minimum atomic E-state index is -3.61. The summed E-state index contributed by atoms with van der Waals surface area (Å²) in [5.74, 6) is 0.243. The number of Topliss-reactive ketones (excluding diaryl/α,β-unsaturated/α-hetero) is 1. The van der Waals surface area contributed by atoms with Crippen LogP contribution in [0.5, 0.6) is 0 Å². The first-order valence-electron chi connectivity index (χ1n) is 10.0. The monoisotopic (exact) mass is 482 g/mol. The van der Waals surface area contributed by atoms with Crippen molar-refractivity contribution in [3.8, 4) is 0 Å². The van der Waals surface area contributed by atoms with Crippen LogP contribution in [0.25, 0.3) is 0 Å². The van der Waals surface area contributed by atoms with Crippen LogP contribution in [-0.2, 0) is 10.0 Å². The quantitative estimate of drug-likeness (QED) is 0.304. The molecule has 0 amide bonds. The van der Waals surface area contributed by atoms with Gasteiger partial charge in [0, 0.05) is 25.3 Å². The summed E-state index contributed by atoms with van der Waals surface area (Å²) in [5, 5.41) is 12.8. The number of aromatic nitrogens is 3. The first kappa shape index (κ1) is 25.8. The summed E-state index contributed by atoms with van der Waals surface area (Å²) in [4.78, 5) is 27.0. The molecule has 1 aromatic carbocycles. The zero-order valence-corrected chi connectivity index (χ0v) is 20.5. The fourth-order valence-corrected chi connectivity index (χ4v) is 3.94. The van der Waals surface area contributed by atoms with Crippen LogP contribution in [0.15, 0.2) is 29.4 Å². The molecule has 0 radical (unpaired) electrons. The average Bonchev–Trinajstić information content (AvgIpc) is 2.69. The Balaban J connectivity index is 2.19. The summed E-state index contributed by atoms with van der Waals surface area (Å²) in [7, 11) is 0.231. The maximum absolute atomic E-state index is 12.6. The molecule has 2 aromatic rings. The molecule has 0 saturated heterocycles. The van der Waals surface area contributed by atoms with E-state index < -0.39 is 10.0 Å². The van der Waals surface area contributed by atoms with Crippen LogP contribution in [0, 0.1) is 5.92 Å². The molecule has 2 rings (SSSR count). The van der Waals surface area contributed by atoms with E-state index >= 15 is 0 Å². The minimum Gasteiger partial charge on any atom is -0.394 e. The van der Waals surface area contributed by atoms with Crippen LogP contribution < -0.4 is 14.9 Å². The SMILES string of the molecule is CC(C)C[C@H](CO)Nc1nc(NS(C)(=O)=O)nc(SCC(=O)c2ccc(N(C)C)cc2)n1. The second kappa shape index (κ2) is 11.4. The lowest BCUT2D eigenvalue weighted by atomic mass is 10.0. The number of carbonyl (C=O) groups is 1. The summed E-state index contributed by atoms with van der Waals surface area (Å²) >= 11 is 1.08. The number of ketones is 1. The van der Waals surface area contributed by atoms with Gasteiger partial charge >= 0.3 is 0 Å². The van der Waals surface area contributed by atoms with Gasteiger partial charge in [0.15, 0.2) is 10.9 Å². The second-order valence-corrected chi connectivity index (χ2v) is 10.6. The van der Waals surface area contributed by atoms with Crippen LogP contribution in [0.1, 0.15) is 30.6 Å². The van der Waals surface area contributed by atoms with Gasteiger partial charge in [-0.1, -0.05) is 25.6 Å². The number of carbonyl (C=O) groups excluding carboxylic acids is 1. The predicted octanol–water partition coefficient (Wildman–Crippen LogP) is 2.10. The highest BCUT2D eigenvalue weighted by Gasteiger charge is 2.16. The van der Waals surface area contributed by atoms with Crippen molar-refractivity contribution in [2.45, 2.75) is 31.5 Å². The van der Waals surface area contributed by atoms with Gasteiger partial charge in [0.1, 0.15) is 0 Å². The van der Waals surface area contributed by atoms with Crippen molar-refractivity contribution in [3.63, 3.8) is 0 Å². The van der Waals surface area contributed by atoms with Crippen LogP contribution in [0.4, 0.5) is 17.6 Å². The van der Waals surface area contributed by atoms with E-state index in [1.165, 1.54) is 0 Å². The maximum atomic E-state index is 12.6. The highest BCUT2D eigenvalue weighted by atomic mass is 32.2. The molecule has 0 aliphatic carbocycles. The number of nitrogens with one attached hydrogen (secondary N) is 2. The van der Waals surface area contributed by atoms with E-state index in [-0.39, 0.29) is 41.2 Å². The standard InChI is InChI=1S/C20H30N6O4S2/c1-13(2)10-15(11-27)21-18-22-19(25-32(5,29)30)24-20(23-18)31-12-17(28)14-6-8-16(9-7-14)26(3)4/h6-9,13,15,27H,10-12H2,1-5H3,(H2,21,22,23,24,25)/t15-/m1/s1. The van der Waals surface area contributed by atoms with Crippen molar-refractivity contribution < 1.29 is 18.3 Å². The number of nitrogens with zero attached hydrogens (tertiary/aromatic N) is 4. The number of thioether (sulfide) groups is 1. The van der Waals surface area contributed by atoms with Gasteiger partial charge in [-0.25, -0.2) is 8.42 Å². The van der Waals surface area contributed by atoms with Crippen molar-refractivity contribution >= 4 is 45.2 Å². The van der Waals surface area contributed by atoms with Crippen molar-refractivity contribution in [2.75, 3.05) is 47.6 Å². The Bertz CT molecular complexity index is 1010. The van der Waals surface area contributed by atoms with Crippen molar-refractivity contribution in [1.82, 2.24) is 15.0 Å². The Hall–Kier alpha value is -2.44. The number of aliphatic hydroxyl groups is 1. The molecular weight excluding hydrogens is 452 g/mol. The number of benzene rings is 1. The third-order valence-electron chi connectivity index (χ3n) is 4.24. The van der Waals surface area contributed by atoms with Crippen LogP contribution in [-0.4, -0.2) is 73.0 Å². The normalized spacial score (nSPS) is 12.5. The van der Waals surface area contributed by atoms with Crippen molar-refractivity contribution in [2.24, 2.45) is 5.92 Å². The number of hydrogen-bond acceptors (Lipinski definition) is 10. The fraction of sp³-hybridized carbons (Fsp3) is 0.500. The minimum absolute atomic E-state index is 0.0680. The van der Waals surface area contributed by atoms with E-state index in [0.29, 0.717) is 17.9 Å². The van der Waals surface area contributed by atoms with E-state index in [1.807, 2.05) is 45.0 Å². The van der Waals surface area contributed by atoms with Gasteiger partial charge in [-0.15, -0.1) is 0 Å². The molecule has 1 aromatic heterocycles. The van der Waals surface area contributed by atoms with Crippen LogP contribution >= 0.6 is 11.8 Å². The predicted molar refractivity (Wildman–Crippen MR) is 128 cm³/mol. The van der Waals surface area contributed by atoms with Gasteiger partial charge < -0.3 is 15.3 Å². The summed E-state index contributed by atoms with van der Waals surface area (Å²) < 4.78 is 25.5. The Morgan fingerprint density at radius 2 is 1.75 bits per heavy atom. The van der Waals surface area contributed by atoms with Gasteiger partial charge in [0.05, 0.1) is 24.7 Å². The Morgan fingerprint density at radius 3 is 2.28 bits per heavy atom. The number of anilines is 3. The summed E-state index contributed by atoms with van der Waals surface area (Å²) in [6.07, 6.45) is 1.66. The molecular formula is C20H30N6O4S2. The molecule has 0 saturated carbocycles. The van der Waals surface area contributed by atoms with E-state index in [9.17, 15) is 18.3 Å². The molecule has 0 fully saturated rings. The van der Waals surface area contributed by atoms with E-state index in [1.54, 1.807) is 12.1 Å². The average molecular weight is 483 g/mol. The van der Waals surface area contributed by atoms with E-state index in [4.69, 9.17) is 0 Å². The number of hydrogen-bond donors (Lipinski definition) is 3. The smallest absolute Gasteiger partial charge is 0.242 e. The molecule has 3 N–H and O–H groups in total. The van der Waals surface area contributed by atoms with Gasteiger partial charge in [-0.05, 0) is 36.6 Å². The fourth-order valence-electron chi connectivity index (χ4n) is 2.79. The highest BCUT2D eigenvalue weighted by Crippen LogP contribution is 2.21. The molecule has 0 unspecified atom stereocenters. The molecule has 12 heteroatoms. The van der Waals surface area contributed by atoms with Gasteiger partial charge in [-0.3, -0.25) is 9.52 Å². The molecule has 176 valence electrons. The highest BCUT2D eigenvalue weighted by molar-refractivity contribution is 7.99. The summed E-state index contributed by atoms with van der Waals surface area (Å²) in [5.41, 5.74) is 1.54. The lowest BCUT2D eigenvalue weighted by Crippen LogP contribution is -2.27. The molecule has 1 atom stereocenters. The van der Waals surface area contributed by atoms with Gasteiger partial charge in [0.25, 0.3) is 0 Å². The molecule has 0 spiro atoms. The molecule has 0 aliphatic rings. The largest absolute Gasteiger partial charge is 0.394 e. The lowest BCUT2D eigenvalue weighted by Gasteiger charge is -2.18. The number of sulfonamides is 1. The Morgan fingerprint density at radius 1 is 1.12 bits per heavy atom. The first-order valence-corrected chi connectivity index (χ1v) is 12.9. The third kappa shape index (κ3) is 8.60. The van der Waals surface area contributed by atoms with Crippen LogP contribution in [0.2, 0.25) is 0 Å². The van der Waals surface area contributed by atoms with Gasteiger partial charge in [0.2, 0.25) is 21.9 Å². The Kier molecular flexibility index (Phi) is 9.22. The third-order valence-corrected chi connectivity index (χ3v) is 5.64. The molecule has 10 nitrogen and oxygen atoms in total. The maximum Gasteiger partial charge on any atom is 0.242 e.